The van der Waals surface area contributed by atoms with Crippen LogP contribution in [0.15, 0.2) is 127 Å². The predicted molar refractivity (Wildman–Crippen MR) is 150 cm³/mol. The average molecular weight is 489 g/mol. The lowest BCUT2D eigenvalue weighted by Crippen LogP contribution is -2.22. The van der Waals surface area contributed by atoms with E-state index in [4.69, 9.17) is 0 Å². The Morgan fingerprint density at radius 2 is 1.59 bits per heavy atom. The van der Waals surface area contributed by atoms with Gasteiger partial charge in [0.15, 0.2) is 0 Å². The van der Waals surface area contributed by atoms with E-state index in [0.717, 1.165) is 30.3 Å². The van der Waals surface area contributed by atoms with Gasteiger partial charge in [0.25, 0.3) is 0 Å². The van der Waals surface area contributed by atoms with Crippen LogP contribution < -0.4 is 0 Å². The van der Waals surface area contributed by atoms with Crippen molar-refractivity contribution in [1.82, 2.24) is 9.47 Å². The Morgan fingerprint density at radius 1 is 0.892 bits per heavy atom. The Kier molecular flexibility index (Phi) is 7.36. The summed E-state index contributed by atoms with van der Waals surface area (Å²) in [4.78, 5) is 13.6. The maximum absolute atomic E-state index is 11.2. The first-order valence-corrected chi connectivity index (χ1v) is 12.8. The van der Waals surface area contributed by atoms with Crippen LogP contribution in [0.3, 0.4) is 0 Å². The number of nitrogens with zero attached hydrogens (tertiary/aromatic N) is 2. The maximum Gasteiger partial charge on any atom is 0.323 e. The van der Waals surface area contributed by atoms with Crippen molar-refractivity contribution in [2.45, 2.75) is 32.2 Å². The van der Waals surface area contributed by atoms with Gasteiger partial charge in [0, 0.05) is 41.5 Å². The second kappa shape index (κ2) is 11.2. The third-order valence-corrected chi connectivity index (χ3v) is 7.03. The molecule has 4 heteroatoms. The van der Waals surface area contributed by atoms with Gasteiger partial charge < -0.3 is 14.6 Å². The number of carboxylic acids is 1. The van der Waals surface area contributed by atoms with Gasteiger partial charge in [-0.2, -0.15) is 0 Å². The van der Waals surface area contributed by atoms with Gasteiger partial charge in [-0.1, -0.05) is 84.9 Å². The molecular weight excluding hydrogens is 456 g/mol. The number of fused-ring (bicyclic) bond motifs is 1. The van der Waals surface area contributed by atoms with Crippen molar-refractivity contribution in [2.75, 3.05) is 6.54 Å². The van der Waals surface area contributed by atoms with Crippen molar-refractivity contribution in [3.8, 4) is 0 Å². The Hall–Kier alpha value is -4.31. The number of benzene rings is 3. The van der Waals surface area contributed by atoms with Gasteiger partial charge in [0.2, 0.25) is 0 Å². The summed E-state index contributed by atoms with van der Waals surface area (Å²) in [6, 6.07) is 29.6. The first kappa shape index (κ1) is 24.4. The molecule has 1 aromatic heterocycles. The Balaban J connectivity index is 1.37. The van der Waals surface area contributed by atoms with E-state index in [1.165, 1.54) is 28.0 Å². The van der Waals surface area contributed by atoms with Gasteiger partial charge in [-0.05, 0) is 60.2 Å². The van der Waals surface area contributed by atoms with Gasteiger partial charge >= 0.3 is 5.97 Å². The normalized spacial score (nSPS) is 14.5. The molecule has 37 heavy (non-hydrogen) atoms. The number of carbonyl (C=O) groups is 1. The standard InChI is InChI=1S/C33H32N2O2/c1-2-29-19-18-28(33(26-11-5-3-6-12-26)27-13-7-4-8-14-27)23-34(29)21-10-16-25-15-9-17-31-30(25)20-22-35(31)24-32(36)37/h2-9,11-15,17-20,22-23,33H,10,16,21,24H2,1H3,(H,36,37). The number of rotatable bonds is 9. The molecular formula is C33H32N2O2. The zero-order chi connectivity index (χ0) is 25.6. The van der Waals surface area contributed by atoms with Crippen molar-refractivity contribution in [3.63, 3.8) is 0 Å². The van der Waals surface area contributed by atoms with Crippen molar-refractivity contribution >= 4 is 16.9 Å². The molecule has 186 valence electrons. The summed E-state index contributed by atoms with van der Waals surface area (Å²) in [5.41, 5.74) is 7.28. The van der Waals surface area contributed by atoms with E-state index in [0.29, 0.717) is 0 Å². The fourth-order valence-corrected chi connectivity index (χ4v) is 5.30. The van der Waals surface area contributed by atoms with Gasteiger partial charge in [-0.3, -0.25) is 4.79 Å². The summed E-state index contributed by atoms with van der Waals surface area (Å²) in [6.07, 6.45) is 12.7. The second-order valence-electron chi connectivity index (χ2n) is 9.41. The zero-order valence-electron chi connectivity index (χ0n) is 21.1. The smallest absolute Gasteiger partial charge is 0.323 e. The van der Waals surface area contributed by atoms with Crippen LogP contribution in [0.25, 0.3) is 10.9 Å². The van der Waals surface area contributed by atoms with E-state index >= 15 is 0 Å². The van der Waals surface area contributed by atoms with Crippen molar-refractivity contribution in [3.05, 3.63) is 144 Å². The molecule has 0 radical (unpaired) electrons. The molecule has 2 heterocycles. The SMILES string of the molecule is CC=C1C=CC(C(c2ccccc2)c2ccccc2)=CN1CCCc1cccc2c1ccn2CC(=O)O. The van der Waals surface area contributed by atoms with Crippen LogP contribution in [0.4, 0.5) is 0 Å². The second-order valence-corrected chi connectivity index (χ2v) is 9.41. The molecule has 0 unspecified atom stereocenters. The lowest BCUT2D eigenvalue weighted by atomic mass is 9.84. The molecule has 1 aliphatic heterocycles. The van der Waals surface area contributed by atoms with Gasteiger partial charge in [0.05, 0.1) is 0 Å². The van der Waals surface area contributed by atoms with Gasteiger partial charge in [-0.15, -0.1) is 0 Å². The quantitative estimate of drug-likeness (QED) is 0.272. The van der Waals surface area contributed by atoms with Crippen molar-refractivity contribution in [2.24, 2.45) is 0 Å². The van der Waals surface area contributed by atoms with Crippen LogP contribution in [0.1, 0.15) is 36.0 Å². The number of hydrogen-bond donors (Lipinski definition) is 1. The van der Waals surface area contributed by atoms with Crippen molar-refractivity contribution in [1.29, 1.82) is 0 Å². The summed E-state index contributed by atoms with van der Waals surface area (Å²) in [6.45, 7) is 2.97. The molecule has 1 aliphatic rings. The fourth-order valence-electron chi connectivity index (χ4n) is 5.30. The minimum Gasteiger partial charge on any atom is -0.480 e. The Bertz CT molecular complexity index is 1420. The third kappa shape index (κ3) is 5.44. The fraction of sp³-hybridized carbons (Fsp3) is 0.182. The molecule has 0 saturated heterocycles. The first-order chi connectivity index (χ1) is 18.1. The molecule has 0 saturated carbocycles. The number of aromatic nitrogens is 1. The minimum absolute atomic E-state index is 0.0186. The van der Waals surface area contributed by atoms with Crippen LogP contribution in [0.2, 0.25) is 0 Å². The lowest BCUT2D eigenvalue weighted by Gasteiger charge is -2.29. The first-order valence-electron chi connectivity index (χ1n) is 12.8. The monoisotopic (exact) mass is 488 g/mol. The number of aliphatic carboxylic acids is 1. The minimum atomic E-state index is -0.827. The summed E-state index contributed by atoms with van der Waals surface area (Å²) >= 11 is 0. The molecule has 4 nitrogen and oxygen atoms in total. The molecule has 0 atom stereocenters. The number of hydrogen-bond acceptors (Lipinski definition) is 2. The third-order valence-electron chi connectivity index (χ3n) is 7.03. The van der Waals surface area contributed by atoms with E-state index in [2.05, 4.69) is 103 Å². The van der Waals surface area contributed by atoms with E-state index in [1.807, 2.05) is 24.4 Å². The van der Waals surface area contributed by atoms with Gasteiger partial charge in [0.1, 0.15) is 6.54 Å². The average Bonchev–Trinajstić information content (AvgIpc) is 3.33. The highest BCUT2D eigenvalue weighted by molar-refractivity contribution is 5.85. The van der Waals surface area contributed by atoms with Crippen LogP contribution in [-0.4, -0.2) is 27.1 Å². The Labute approximate surface area is 218 Å². The molecule has 0 bridgehead atoms. The topological polar surface area (TPSA) is 45.5 Å². The molecule has 3 aromatic carbocycles. The molecule has 0 fully saturated rings. The summed E-state index contributed by atoms with van der Waals surface area (Å²) in [5.74, 6) is -0.658. The number of allylic oxidation sites excluding steroid dienone is 4. The largest absolute Gasteiger partial charge is 0.480 e. The van der Waals surface area contributed by atoms with E-state index in [1.54, 1.807) is 4.57 Å². The van der Waals surface area contributed by atoms with E-state index < -0.39 is 5.97 Å². The molecule has 0 spiro atoms. The van der Waals surface area contributed by atoms with E-state index in [9.17, 15) is 9.90 Å². The van der Waals surface area contributed by atoms with E-state index in [-0.39, 0.29) is 12.5 Å². The van der Waals surface area contributed by atoms with Crippen LogP contribution >= 0.6 is 0 Å². The number of aryl methyl sites for hydroxylation is 1. The summed E-state index contributed by atoms with van der Waals surface area (Å²) < 4.78 is 1.80. The van der Waals surface area contributed by atoms with Crippen LogP contribution in [0, 0.1) is 0 Å². The highest BCUT2D eigenvalue weighted by Crippen LogP contribution is 2.35. The summed E-state index contributed by atoms with van der Waals surface area (Å²) in [5, 5.41) is 10.3. The van der Waals surface area contributed by atoms with Crippen LogP contribution in [-0.2, 0) is 17.8 Å². The predicted octanol–water partition coefficient (Wildman–Crippen LogP) is 7.15. The molecule has 5 rings (SSSR count). The molecule has 0 aliphatic carbocycles. The van der Waals surface area contributed by atoms with Crippen LogP contribution in [0.5, 0.6) is 0 Å². The lowest BCUT2D eigenvalue weighted by molar-refractivity contribution is -0.137. The molecule has 0 amide bonds. The highest BCUT2D eigenvalue weighted by Gasteiger charge is 2.21. The Morgan fingerprint density at radius 3 is 2.24 bits per heavy atom. The molecule has 1 N–H and O–H groups in total. The maximum atomic E-state index is 11.2. The molecule has 4 aromatic rings. The zero-order valence-corrected chi connectivity index (χ0v) is 21.1. The van der Waals surface area contributed by atoms with Gasteiger partial charge in [-0.25, -0.2) is 0 Å². The summed E-state index contributed by atoms with van der Waals surface area (Å²) in [7, 11) is 0. The number of carboxylic acid groups (broad SMARTS) is 1. The van der Waals surface area contributed by atoms with Crippen molar-refractivity contribution < 1.29 is 9.90 Å². The highest BCUT2D eigenvalue weighted by atomic mass is 16.4.